The molecule has 0 aliphatic heterocycles. The molecule has 1 saturated carbocycles. The first-order valence-corrected chi connectivity index (χ1v) is 5.23. The third-order valence-electron chi connectivity index (χ3n) is 2.01. The lowest BCUT2D eigenvalue weighted by Gasteiger charge is -2.20. The summed E-state index contributed by atoms with van der Waals surface area (Å²) in [5, 5.41) is 0.526. The van der Waals surface area contributed by atoms with Gasteiger partial charge in [-0.3, -0.25) is 0 Å². The van der Waals surface area contributed by atoms with Crippen LogP contribution in [0.4, 0.5) is 8.78 Å². The van der Waals surface area contributed by atoms with Crippen molar-refractivity contribution >= 4 is 11.8 Å². The Hall–Kier alpha value is 0.210. The quantitative estimate of drug-likeness (QED) is 0.642. The SMILES string of the molecule is FC(F)CSC1CCCCC1. The molecular weight excluding hydrogens is 166 g/mol. The maximum atomic E-state index is 11.8. The van der Waals surface area contributed by atoms with Gasteiger partial charge in [0.2, 0.25) is 6.43 Å². The van der Waals surface area contributed by atoms with Crippen LogP contribution in [0.15, 0.2) is 0 Å². The van der Waals surface area contributed by atoms with Gasteiger partial charge in [0.1, 0.15) is 0 Å². The van der Waals surface area contributed by atoms with Gasteiger partial charge in [0, 0.05) is 5.25 Å². The molecule has 11 heavy (non-hydrogen) atoms. The largest absolute Gasteiger partial charge is 0.247 e. The van der Waals surface area contributed by atoms with Crippen LogP contribution in [0, 0.1) is 0 Å². The van der Waals surface area contributed by atoms with Crippen LogP contribution in [-0.4, -0.2) is 17.4 Å². The lowest BCUT2D eigenvalue weighted by atomic mass is 10.0. The summed E-state index contributed by atoms with van der Waals surface area (Å²) in [6.45, 7) is 0. The van der Waals surface area contributed by atoms with Crippen molar-refractivity contribution in [1.29, 1.82) is 0 Å². The van der Waals surface area contributed by atoms with Crippen LogP contribution >= 0.6 is 11.8 Å². The normalized spacial score (nSPS) is 21.0. The Labute approximate surface area is 70.7 Å². The number of alkyl halides is 2. The summed E-state index contributed by atoms with van der Waals surface area (Å²) in [4.78, 5) is 0. The van der Waals surface area contributed by atoms with Crippen molar-refractivity contribution in [2.45, 2.75) is 43.8 Å². The molecular formula is C8H14F2S. The highest BCUT2D eigenvalue weighted by molar-refractivity contribution is 7.99. The predicted octanol–water partition coefficient (Wildman–Crippen LogP) is 3.32. The first-order chi connectivity index (χ1) is 5.29. The number of rotatable bonds is 3. The average Bonchev–Trinajstić information content (AvgIpc) is 2.03. The Kier molecular flexibility index (Phi) is 4.20. The van der Waals surface area contributed by atoms with E-state index in [-0.39, 0.29) is 5.75 Å². The highest BCUT2D eigenvalue weighted by atomic mass is 32.2. The van der Waals surface area contributed by atoms with Crippen molar-refractivity contribution in [3.8, 4) is 0 Å². The van der Waals surface area contributed by atoms with E-state index in [9.17, 15) is 8.78 Å². The van der Waals surface area contributed by atoms with Gasteiger partial charge in [-0.2, -0.15) is 11.8 Å². The number of hydrogen-bond donors (Lipinski definition) is 0. The average molecular weight is 180 g/mol. The van der Waals surface area contributed by atoms with E-state index >= 15 is 0 Å². The van der Waals surface area contributed by atoms with Gasteiger partial charge in [0.25, 0.3) is 0 Å². The third kappa shape index (κ3) is 3.94. The van der Waals surface area contributed by atoms with Crippen LogP contribution in [0.5, 0.6) is 0 Å². The fourth-order valence-electron chi connectivity index (χ4n) is 1.44. The summed E-state index contributed by atoms with van der Waals surface area (Å²) < 4.78 is 23.5. The second kappa shape index (κ2) is 4.96. The molecule has 0 saturated heterocycles. The molecule has 66 valence electrons. The van der Waals surface area contributed by atoms with E-state index in [2.05, 4.69) is 0 Å². The molecule has 0 radical (unpaired) electrons. The van der Waals surface area contributed by atoms with E-state index in [1.165, 1.54) is 31.0 Å². The first-order valence-electron chi connectivity index (χ1n) is 4.19. The Morgan fingerprint density at radius 2 is 1.82 bits per heavy atom. The fraction of sp³-hybridized carbons (Fsp3) is 1.00. The van der Waals surface area contributed by atoms with Crippen molar-refractivity contribution in [2.24, 2.45) is 0 Å². The molecule has 1 rings (SSSR count). The maximum absolute atomic E-state index is 11.8. The molecule has 0 bridgehead atoms. The van der Waals surface area contributed by atoms with Crippen molar-refractivity contribution in [1.82, 2.24) is 0 Å². The monoisotopic (exact) mass is 180 g/mol. The van der Waals surface area contributed by atoms with Gasteiger partial charge in [-0.15, -0.1) is 0 Å². The molecule has 0 unspecified atom stereocenters. The predicted molar refractivity (Wildman–Crippen MR) is 45.3 cm³/mol. The maximum Gasteiger partial charge on any atom is 0.247 e. The van der Waals surface area contributed by atoms with Gasteiger partial charge in [0.05, 0.1) is 5.75 Å². The number of hydrogen-bond acceptors (Lipinski definition) is 1. The topological polar surface area (TPSA) is 0 Å². The zero-order valence-electron chi connectivity index (χ0n) is 6.56. The number of thioether (sulfide) groups is 1. The van der Waals surface area contributed by atoms with Crippen LogP contribution in [0.25, 0.3) is 0 Å². The Morgan fingerprint density at radius 1 is 1.18 bits per heavy atom. The summed E-state index contributed by atoms with van der Waals surface area (Å²) >= 11 is 1.46. The summed E-state index contributed by atoms with van der Waals surface area (Å²) in [5.41, 5.74) is 0. The smallest absolute Gasteiger partial charge is 0.210 e. The third-order valence-corrected chi connectivity index (χ3v) is 3.40. The van der Waals surface area contributed by atoms with Crippen LogP contribution in [0.3, 0.4) is 0 Å². The lowest BCUT2D eigenvalue weighted by molar-refractivity contribution is 0.176. The molecule has 1 aliphatic carbocycles. The minimum Gasteiger partial charge on any atom is -0.210 e. The molecule has 0 aromatic carbocycles. The highest BCUT2D eigenvalue weighted by Gasteiger charge is 2.15. The van der Waals surface area contributed by atoms with E-state index in [0.29, 0.717) is 5.25 Å². The van der Waals surface area contributed by atoms with Gasteiger partial charge in [-0.1, -0.05) is 19.3 Å². The zero-order chi connectivity index (χ0) is 8.10. The van der Waals surface area contributed by atoms with Gasteiger partial charge < -0.3 is 0 Å². The summed E-state index contributed by atoms with van der Waals surface area (Å²) in [6, 6.07) is 0. The molecule has 1 fully saturated rings. The van der Waals surface area contributed by atoms with E-state index < -0.39 is 6.43 Å². The second-order valence-corrected chi connectivity index (χ2v) is 4.32. The Morgan fingerprint density at radius 3 is 2.36 bits per heavy atom. The molecule has 3 heteroatoms. The molecule has 0 spiro atoms. The van der Waals surface area contributed by atoms with Crippen molar-refractivity contribution < 1.29 is 8.78 Å². The molecule has 1 aliphatic rings. The highest BCUT2D eigenvalue weighted by Crippen LogP contribution is 2.28. The Balaban J connectivity index is 2.05. The fourth-order valence-corrected chi connectivity index (χ4v) is 2.52. The Bertz CT molecular complexity index is 100. The zero-order valence-corrected chi connectivity index (χ0v) is 7.38. The standard InChI is InChI=1S/C8H14F2S/c9-8(10)6-11-7-4-2-1-3-5-7/h7-8H,1-6H2. The van der Waals surface area contributed by atoms with Gasteiger partial charge in [-0.05, 0) is 12.8 Å². The molecule has 0 nitrogen and oxygen atoms in total. The van der Waals surface area contributed by atoms with Crippen LogP contribution in [0.1, 0.15) is 32.1 Å². The van der Waals surface area contributed by atoms with Crippen LogP contribution in [-0.2, 0) is 0 Å². The molecule has 0 amide bonds. The minimum absolute atomic E-state index is 0.0324. The van der Waals surface area contributed by atoms with E-state index in [4.69, 9.17) is 0 Å². The van der Waals surface area contributed by atoms with Crippen LogP contribution < -0.4 is 0 Å². The van der Waals surface area contributed by atoms with E-state index in [1.807, 2.05) is 0 Å². The van der Waals surface area contributed by atoms with Crippen molar-refractivity contribution in [2.75, 3.05) is 5.75 Å². The van der Waals surface area contributed by atoms with Gasteiger partial charge >= 0.3 is 0 Å². The molecule has 0 aromatic rings. The van der Waals surface area contributed by atoms with Gasteiger partial charge in [-0.25, -0.2) is 8.78 Å². The molecule has 0 N–H and O–H groups in total. The minimum atomic E-state index is -2.12. The summed E-state index contributed by atoms with van der Waals surface area (Å²) in [7, 11) is 0. The second-order valence-electron chi connectivity index (χ2n) is 2.98. The van der Waals surface area contributed by atoms with E-state index in [0.717, 1.165) is 12.8 Å². The van der Waals surface area contributed by atoms with Crippen LogP contribution in [0.2, 0.25) is 0 Å². The van der Waals surface area contributed by atoms with Gasteiger partial charge in [0.15, 0.2) is 0 Å². The summed E-state index contributed by atoms with van der Waals surface area (Å²) in [5.74, 6) is 0.0324. The lowest BCUT2D eigenvalue weighted by Crippen LogP contribution is -2.10. The van der Waals surface area contributed by atoms with Crippen molar-refractivity contribution in [3.63, 3.8) is 0 Å². The first kappa shape index (κ1) is 9.30. The molecule has 0 atom stereocenters. The van der Waals surface area contributed by atoms with Crippen molar-refractivity contribution in [3.05, 3.63) is 0 Å². The molecule has 0 heterocycles. The molecule has 0 aromatic heterocycles. The summed E-state index contributed by atoms with van der Waals surface area (Å²) in [6.07, 6.45) is 3.95. The number of halogens is 2. The van der Waals surface area contributed by atoms with E-state index in [1.54, 1.807) is 0 Å².